The molecule has 2 rings (SSSR count). The van der Waals surface area contributed by atoms with Gasteiger partial charge in [0, 0.05) is 18.7 Å². The van der Waals surface area contributed by atoms with E-state index in [0.29, 0.717) is 19.0 Å². The lowest BCUT2D eigenvalue weighted by molar-refractivity contribution is -0.124. The number of nitrogens with one attached hydrogen (secondary N) is 1. The summed E-state index contributed by atoms with van der Waals surface area (Å²) in [5.74, 6) is 0.0195. The summed E-state index contributed by atoms with van der Waals surface area (Å²) in [6.07, 6.45) is 7.10. The molecule has 18 heavy (non-hydrogen) atoms. The number of amides is 1. The lowest BCUT2D eigenvalue weighted by atomic mass is 10.2. The van der Waals surface area contributed by atoms with Gasteiger partial charge in [0.15, 0.2) is 0 Å². The fourth-order valence-corrected chi connectivity index (χ4v) is 2.28. The Labute approximate surface area is 107 Å². The zero-order chi connectivity index (χ0) is 13.0. The summed E-state index contributed by atoms with van der Waals surface area (Å²) >= 11 is 0. The summed E-state index contributed by atoms with van der Waals surface area (Å²) in [6, 6.07) is 0.0246. The molecule has 1 saturated carbocycles. The molecule has 6 heteroatoms. The summed E-state index contributed by atoms with van der Waals surface area (Å²) in [4.78, 5) is 12.0. The van der Waals surface area contributed by atoms with Crippen LogP contribution >= 0.6 is 0 Å². The Morgan fingerprint density at radius 3 is 3.00 bits per heavy atom. The first kappa shape index (κ1) is 13.0. The SMILES string of the molecule is CC(C(=O)NC1CCCC1)n1cc(CCN)nn1. The predicted octanol–water partition coefficient (Wildman–Crippen LogP) is 0.399. The highest BCUT2D eigenvalue weighted by molar-refractivity contribution is 5.80. The molecule has 1 atom stereocenters. The van der Waals surface area contributed by atoms with Crippen LogP contribution in [0, 0.1) is 0 Å². The monoisotopic (exact) mass is 251 g/mol. The van der Waals surface area contributed by atoms with Crippen LogP contribution in [-0.2, 0) is 11.2 Å². The van der Waals surface area contributed by atoms with Crippen LogP contribution in [0.4, 0.5) is 0 Å². The Kier molecular flexibility index (Phi) is 4.30. The number of hydrogen-bond acceptors (Lipinski definition) is 4. The lowest BCUT2D eigenvalue weighted by Gasteiger charge is -2.16. The topological polar surface area (TPSA) is 85.8 Å². The average Bonchev–Trinajstić information content (AvgIpc) is 3.00. The third kappa shape index (κ3) is 3.07. The van der Waals surface area contributed by atoms with E-state index in [0.717, 1.165) is 18.5 Å². The maximum absolute atomic E-state index is 12.0. The molecule has 100 valence electrons. The van der Waals surface area contributed by atoms with Crippen LogP contribution in [0.1, 0.15) is 44.3 Å². The minimum atomic E-state index is -0.315. The molecule has 1 amide bonds. The van der Waals surface area contributed by atoms with Crippen LogP contribution in [0.15, 0.2) is 6.20 Å². The molecule has 1 fully saturated rings. The van der Waals surface area contributed by atoms with Gasteiger partial charge < -0.3 is 11.1 Å². The molecular formula is C12H21N5O. The minimum Gasteiger partial charge on any atom is -0.352 e. The quantitative estimate of drug-likeness (QED) is 0.793. The molecule has 0 radical (unpaired) electrons. The largest absolute Gasteiger partial charge is 0.352 e. The van der Waals surface area contributed by atoms with Gasteiger partial charge in [-0.05, 0) is 26.3 Å². The first-order valence-electron chi connectivity index (χ1n) is 6.62. The molecule has 1 aliphatic rings. The van der Waals surface area contributed by atoms with Crippen molar-refractivity contribution in [3.63, 3.8) is 0 Å². The van der Waals surface area contributed by atoms with Crippen molar-refractivity contribution in [2.24, 2.45) is 5.73 Å². The van der Waals surface area contributed by atoms with Crippen molar-refractivity contribution < 1.29 is 4.79 Å². The Morgan fingerprint density at radius 1 is 1.61 bits per heavy atom. The van der Waals surface area contributed by atoms with Gasteiger partial charge in [0.25, 0.3) is 0 Å². The van der Waals surface area contributed by atoms with E-state index in [1.54, 1.807) is 10.9 Å². The molecule has 1 heterocycles. The summed E-state index contributed by atoms with van der Waals surface area (Å²) in [5, 5.41) is 11.0. The molecule has 0 aliphatic heterocycles. The van der Waals surface area contributed by atoms with Gasteiger partial charge in [-0.2, -0.15) is 0 Å². The summed E-state index contributed by atoms with van der Waals surface area (Å²) in [5.41, 5.74) is 6.29. The maximum Gasteiger partial charge on any atom is 0.244 e. The predicted molar refractivity (Wildman–Crippen MR) is 67.9 cm³/mol. The molecule has 0 saturated heterocycles. The molecule has 3 N–H and O–H groups in total. The average molecular weight is 251 g/mol. The molecule has 1 aromatic rings. The third-order valence-corrected chi connectivity index (χ3v) is 3.44. The van der Waals surface area contributed by atoms with Crippen molar-refractivity contribution in [2.45, 2.75) is 51.1 Å². The first-order chi connectivity index (χ1) is 8.70. The van der Waals surface area contributed by atoms with Crippen LogP contribution in [0.5, 0.6) is 0 Å². The van der Waals surface area contributed by atoms with Crippen molar-refractivity contribution in [3.05, 3.63) is 11.9 Å². The standard InChI is InChI=1S/C12H21N5O/c1-9(12(18)14-10-4-2-3-5-10)17-8-11(6-7-13)15-16-17/h8-10H,2-7,13H2,1H3,(H,14,18). The maximum atomic E-state index is 12.0. The summed E-state index contributed by atoms with van der Waals surface area (Å²) in [7, 11) is 0. The second-order valence-corrected chi connectivity index (χ2v) is 4.89. The fraction of sp³-hybridized carbons (Fsp3) is 0.750. The Hall–Kier alpha value is -1.43. The van der Waals surface area contributed by atoms with Crippen molar-refractivity contribution >= 4 is 5.91 Å². The number of hydrogen-bond donors (Lipinski definition) is 2. The van der Waals surface area contributed by atoms with Crippen LogP contribution in [0.3, 0.4) is 0 Å². The van der Waals surface area contributed by atoms with E-state index in [2.05, 4.69) is 15.6 Å². The van der Waals surface area contributed by atoms with Crippen LogP contribution in [0.2, 0.25) is 0 Å². The van der Waals surface area contributed by atoms with Gasteiger partial charge in [0.05, 0.1) is 5.69 Å². The molecule has 1 aliphatic carbocycles. The van der Waals surface area contributed by atoms with Crippen molar-refractivity contribution in [3.8, 4) is 0 Å². The van der Waals surface area contributed by atoms with E-state index in [-0.39, 0.29) is 11.9 Å². The highest BCUT2D eigenvalue weighted by Crippen LogP contribution is 2.18. The second kappa shape index (κ2) is 5.95. The highest BCUT2D eigenvalue weighted by atomic mass is 16.2. The minimum absolute atomic E-state index is 0.0195. The molecule has 0 spiro atoms. The Bertz CT molecular complexity index is 397. The number of carbonyl (C=O) groups is 1. The number of rotatable bonds is 5. The van der Waals surface area contributed by atoms with E-state index >= 15 is 0 Å². The zero-order valence-corrected chi connectivity index (χ0v) is 10.8. The van der Waals surface area contributed by atoms with Crippen molar-refractivity contribution in [1.29, 1.82) is 0 Å². The summed E-state index contributed by atoms with van der Waals surface area (Å²) in [6.45, 7) is 2.38. The third-order valence-electron chi connectivity index (χ3n) is 3.44. The number of nitrogens with two attached hydrogens (primary N) is 1. The smallest absolute Gasteiger partial charge is 0.244 e. The zero-order valence-electron chi connectivity index (χ0n) is 10.8. The van der Waals surface area contributed by atoms with Crippen LogP contribution < -0.4 is 11.1 Å². The van der Waals surface area contributed by atoms with E-state index in [1.807, 2.05) is 6.92 Å². The normalized spacial score (nSPS) is 17.9. The molecule has 1 unspecified atom stereocenters. The van der Waals surface area contributed by atoms with Gasteiger partial charge in [-0.3, -0.25) is 4.79 Å². The number of nitrogens with zero attached hydrogens (tertiary/aromatic N) is 3. The Balaban J connectivity index is 1.91. The lowest BCUT2D eigenvalue weighted by Crippen LogP contribution is -2.37. The van der Waals surface area contributed by atoms with Crippen molar-refractivity contribution in [2.75, 3.05) is 6.54 Å². The molecule has 6 nitrogen and oxygen atoms in total. The fourth-order valence-electron chi connectivity index (χ4n) is 2.28. The van der Waals surface area contributed by atoms with Gasteiger partial charge in [0.1, 0.15) is 6.04 Å². The molecular weight excluding hydrogens is 230 g/mol. The second-order valence-electron chi connectivity index (χ2n) is 4.89. The van der Waals surface area contributed by atoms with Crippen molar-refractivity contribution in [1.82, 2.24) is 20.3 Å². The van der Waals surface area contributed by atoms with Gasteiger partial charge >= 0.3 is 0 Å². The van der Waals surface area contributed by atoms with E-state index in [4.69, 9.17) is 5.73 Å². The van der Waals surface area contributed by atoms with E-state index in [9.17, 15) is 4.79 Å². The van der Waals surface area contributed by atoms with E-state index in [1.165, 1.54) is 12.8 Å². The Morgan fingerprint density at radius 2 is 2.33 bits per heavy atom. The number of carbonyl (C=O) groups excluding carboxylic acids is 1. The first-order valence-corrected chi connectivity index (χ1v) is 6.62. The molecule has 0 aromatic carbocycles. The highest BCUT2D eigenvalue weighted by Gasteiger charge is 2.22. The van der Waals surface area contributed by atoms with Gasteiger partial charge in [0.2, 0.25) is 5.91 Å². The molecule has 1 aromatic heterocycles. The molecule has 0 bridgehead atoms. The van der Waals surface area contributed by atoms with Crippen LogP contribution in [0.25, 0.3) is 0 Å². The number of aromatic nitrogens is 3. The summed E-state index contributed by atoms with van der Waals surface area (Å²) < 4.78 is 1.61. The van der Waals surface area contributed by atoms with E-state index < -0.39 is 0 Å². The van der Waals surface area contributed by atoms with Gasteiger partial charge in [-0.15, -0.1) is 5.10 Å². The van der Waals surface area contributed by atoms with Gasteiger partial charge in [-0.1, -0.05) is 18.1 Å². The van der Waals surface area contributed by atoms with Crippen LogP contribution in [-0.4, -0.2) is 33.5 Å². The van der Waals surface area contributed by atoms with Gasteiger partial charge in [-0.25, -0.2) is 4.68 Å².